The fourth-order valence-corrected chi connectivity index (χ4v) is 1.69. The first-order valence-electron chi connectivity index (χ1n) is 5.96. The van der Waals surface area contributed by atoms with E-state index in [4.69, 9.17) is 14.6 Å². The molecule has 0 radical (unpaired) electrons. The number of aromatic carboxylic acids is 1. The molecule has 0 aliphatic rings. The van der Waals surface area contributed by atoms with Crippen LogP contribution in [0, 0.1) is 0 Å². The smallest absolute Gasteiger partial charge is 0.371 e. The normalized spacial score (nSPS) is 10.5. The number of hydrogen-bond acceptors (Lipinski definition) is 4. The van der Waals surface area contributed by atoms with E-state index in [1.165, 1.54) is 6.07 Å². The molecule has 1 heterocycles. The van der Waals surface area contributed by atoms with Crippen molar-refractivity contribution in [3.05, 3.63) is 53.5 Å². The summed E-state index contributed by atoms with van der Waals surface area (Å²) >= 11 is 0. The van der Waals surface area contributed by atoms with Gasteiger partial charge in [0.1, 0.15) is 11.5 Å². The van der Waals surface area contributed by atoms with Crippen molar-refractivity contribution < 1.29 is 19.4 Å². The average molecular weight is 261 g/mol. The van der Waals surface area contributed by atoms with E-state index < -0.39 is 5.97 Å². The van der Waals surface area contributed by atoms with Crippen molar-refractivity contribution in [3.8, 4) is 5.75 Å². The molecule has 5 heteroatoms. The molecule has 2 rings (SSSR count). The summed E-state index contributed by atoms with van der Waals surface area (Å²) in [6.07, 6.45) is 0.826. The van der Waals surface area contributed by atoms with Gasteiger partial charge in [-0.05, 0) is 42.8 Å². The number of carboxylic acid groups (broad SMARTS) is 1. The maximum atomic E-state index is 10.6. The van der Waals surface area contributed by atoms with E-state index in [1.54, 1.807) is 18.2 Å². The summed E-state index contributed by atoms with van der Waals surface area (Å²) in [5.74, 6) is -0.248. The van der Waals surface area contributed by atoms with Crippen LogP contribution in [0.1, 0.15) is 21.9 Å². The first-order valence-corrected chi connectivity index (χ1v) is 5.96. The molecule has 3 N–H and O–H groups in total. The van der Waals surface area contributed by atoms with Gasteiger partial charge in [0, 0.05) is 0 Å². The van der Waals surface area contributed by atoms with Crippen molar-refractivity contribution in [1.82, 2.24) is 5.32 Å². The van der Waals surface area contributed by atoms with Gasteiger partial charge < -0.3 is 19.9 Å². The number of carbonyl (C=O) groups is 1. The van der Waals surface area contributed by atoms with Crippen LogP contribution in [0.25, 0.3) is 0 Å². The Kier molecular flexibility index (Phi) is 4.20. The van der Waals surface area contributed by atoms with Gasteiger partial charge in [0.05, 0.1) is 6.54 Å². The zero-order valence-electron chi connectivity index (χ0n) is 10.3. The monoisotopic (exact) mass is 261 g/mol. The lowest BCUT2D eigenvalue weighted by Gasteiger charge is -2.03. The average Bonchev–Trinajstić information content (AvgIpc) is 2.86. The molecular weight excluding hydrogens is 246 g/mol. The quantitative estimate of drug-likeness (QED) is 0.693. The Morgan fingerprint density at radius 2 is 1.89 bits per heavy atom. The molecule has 0 unspecified atom stereocenters. The molecule has 0 spiro atoms. The number of furan rings is 1. The number of carboxylic acids is 1. The van der Waals surface area contributed by atoms with Crippen LogP contribution in [-0.2, 0) is 13.0 Å². The molecule has 0 atom stereocenters. The summed E-state index contributed by atoms with van der Waals surface area (Å²) in [5.41, 5.74) is 1.12. The van der Waals surface area contributed by atoms with Crippen LogP contribution in [0.15, 0.2) is 40.8 Å². The Labute approximate surface area is 110 Å². The van der Waals surface area contributed by atoms with Crippen LogP contribution >= 0.6 is 0 Å². The highest BCUT2D eigenvalue weighted by Gasteiger charge is 2.08. The molecule has 0 saturated heterocycles. The predicted molar refractivity (Wildman–Crippen MR) is 69.2 cm³/mol. The standard InChI is InChI=1S/C14H15NO4/c16-11-3-1-10(2-4-11)7-8-15-9-12-5-6-13(19-12)14(17)18/h1-6,15-16H,7-9H2,(H,17,18). The molecule has 0 bridgehead atoms. The predicted octanol–water partition coefficient (Wildman–Crippen LogP) is 2.02. The third kappa shape index (κ3) is 3.86. The largest absolute Gasteiger partial charge is 0.508 e. The van der Waals surface area contributed by atoms with E-state index in [0.29, 0.717) is 12.3 Å². The van der Waals surface area contributed by atoms with Crippen LogP contribution in [0.3, 0.4) is 0 Å². The minimum atomic E-state index is -1.06. The molecular formula is C14H15NO4. The van der Waals surface area contributed by atoms with Crippen molar-refractivity contribution in [3.63, 3.8) is 0 Å². The molecule has 1 aromatic heterocycles. The molecule has 0 fully saturated rings. The number of rotatable bonds is 6. The summed E-state index contributed by atoms with van der Waals surface area (Å²) < 4.78 is 5.12. The van der Waals surface area contributed by atoms with Crippen molar-refractivity contribution in [2.24, 2.45) is 0 Å². The zero-order valence-corrected chi connectivity index (χ0v) is 10.3. The van der Waals surface area contributed by atoms with Crippen LogP contribution in [0.2, 0.25) is 0 Å². The molecule has 0 amide bonds. The molecule has 19 heavy (non-hydrogen) atoms. The summed E-state index contributed by atoms with van der Waals surface area (Å²) in [5, 5.41) is 21.0. The molecule has 2 aromatic rings. The highest BCUT2D eigenvalue weighted by molar-refractivity contribution is 5.84. The van der Waals surface area contributed by atoms with Gasteiger partial charge in [0.15, 0.2) is 0 Å². The minimum absolute atomic E-state index is 0.0460. The van der Waals surface area contributed by atoms with Gasteiger partial charge in [-0.3, -0.25) is 0 Å². The van der Waals surface area contributed by atoms with Crippen molar-refractivity contribution in [2.75, 3.05) is 6.54 Å². The molecule has 0 aliphatic carbocycles. The SMILES string of the molecule is O=C(O)c1ccc(CNCCc2ccc(O)cc2)o1. The lowest BCUT2D eigenvalue weighted by atomic mass is 10.1. The summed E-state index contributed by atoms with van der Waals surface area (Å²) in [4.78, 5) is 10.6. The number of benzene rings is 1. The van der Waals surface area contributed by atoms with Crippen molar-refractivity contribution >= 4 is 5.97 Å². The lowest BCUT2D eigenvalue weighted by molar-refractivity contribution is 0.0660. The van der Waals surface area contributed by atoms with Gasteiger partial charge in [-0.1, -0.05) is 12.1 Å². The Morgan fingerprint density at radius 1 is 1.16 bits per heavy atom. The van der Waals surface area contributed by atoms with E-state index in [0.717, 1.165) is 18.5 Å². The molecule has 5 nitrogen and oxygen atoms in total. The zero-order chi connectivity index (χ0) is 13.7. The maximum Gasteiger partial charge on any atom is 0.371 e. The number of hydrogen-bond donors (Lipinski definition) is 3. The highest BCUT2D eigenvalue weighted by atomic mass is 16.4. The van der Waals surface area contributed by atoms with E-state index in [9.17, 15) is 4.79 Å². The highest BCUT2D eigenvalue weighted by Crippen LogP contribution is 2.10. The van der Waals surface area contributed by atoms with Crippen LogP contribution < -0.4 is 5.32 Å². The molecule has 100 valence electrons. The second-order valence-electron chi connectivity index (χ2n) is 4.16. The van der Waals surface area contributed by atoms with Gasteiger partial charge in [0.25, 0.3) is 0 Å². The molecule has 0 saturated carbocycles. The third-order valence-corrected chi connectivity index (χ3v) is 2.70. The van der Waals surface area contributed by atoms with Crippen molar-refractivity contribution in [1.29, 1.82) is 0 Å². The number of phenols is 1. The summed E-state index contributed by atoms with van der Waals surface area (Å²) in [7, 11) is 0. The Balaban J connectivity index is 1.74. The van der Waals surface area contributed by atoms with Crippen LogP contribution in [-0.4, -0.2) is 22.7 Å². The summed E-state index contributed by atoms with van der Waals surface area (Å²) in [6.45, 7) is 1.24. The first kappa shape index (κ1) is 13.2. The first-order chi connectivity index (χ1) is 9.15. The minimum Gasteiger partial charge on any atom is -0.508 e. The fraction of sp³-hybridized carbons (Fsp3) is 0.214. The van der Waals surface area contributed by atoms with Gasteiger partial charge in [0.2, 0.25) is 5.76 Å². The number of phenolic OH excluding ortho intramolecular Hbond substituents is 1. The van der Waals surface area contributed by atoms with Crippen molar-refractivity contribution in [2.45, 2.75) is 13.0 Å². The third-order valence-electron chi connectivity index (χ3n) is 2.70. The number of aromatic hydroxyl groups is 1. The topological polar surface area (TPSA) is 82.7 Å². The maximum absolute atomic E-state index is 10.6. The van der Waals surface area contributed by atoms with Gasteiger partial charge in [-0.25, -0.2) is 4.79 Å². The Morgan fingerprint density at radius 3 is 2.53 bits per heavy atom. The van der Waals surface area contributed by atoms with Crippen LogP contribution in [0.5, 0.6) is 5.75 Å². The molecule has 0 aliphatic heterocycles. The summed E-state index contributed by atoms with van der Waals surface area (Å²) in [6, 6.07) is 10.1. The Hall–Kier alpha value is -2.27. The fourth-order valence-electron chi connectivity index (χ4n) is 1.69. The van der Waals surface area contributed by atoms with E-state index in [1.807, 2.05) is 12.1 Å². The van der Waals surface area contributed by atoms with E-state index >= 15 is 0 Å². The second-order valence-corrected chi connectivity index (χ2v) is 4.16. The Bertz CT molecular complexity index is 545. The van der Waals surface area contributed by atoms with E-state index in [-0.39, 0.29) is 11.5 Å². The number of nitrogens with one attached hydrogen (secondary N) is 1. The van der Waals surface area contributed by atoms with Gasteiger partial charge in [-0.2, -0.15) is 0 Å². The van der Waals surface area contributed by atoms with Gasteiger partial charge >= 0.3 is 5.97 Å². The van der Waals surface area contributed by atoms with Crippen LogP contribution in [0.4, 0.5) is 0 Å². The van der Waals surface area contributed by atoms with E-state index in [2.05, 4.69) is 5.32 Å². The second kappa shape index (κ2) is 6.06. The molecule has 1 aromatic carbocycles. The lowest BCUT2D eigenvalue weighted by Crippen LogP contribution is -2.16. The van der Waals surface area contributed by atoms with Gasteiger partial charge in [-0.15, -0.1) is 0 Å².